The van der Waals surface area contributed by atoms with E-state index in [1.807, 2.05) is 0 Å². The molecule has 8 unspecified atom stereocenters. The van der Waals surface area contributed by atoms with Gasteiger partial charge in [-0.3, -0.25) is 0 Å². The monoisotopic (exact) mass is 854 g/mol. The lowest BCUT2D eigenvalue weighted by Crippen LogP contribution is -2.55. The molecule has 0 saturated carbocycles. The van der Waals surface area contributed by atoms with Crippen molar-refractivity contribution in [3.8, 4) is 0 Å². The molecule has 1 N–H and O–H groups in total. The Hall–Kier alpha value is -3.79. The number of aliphatic hydroxyl groups excluding tert-OH is 1. The molecule has 2 aromatic carbocycles. The molecule has 0 radical (unpaired) electrons. The smallest absolute Gasteiger partial charge is 0.0820 e. The molecule has 8 aliphatic rings. The number of thioether (sulfide) groups is 1. The van der Waals surface area contributed by atoms with Crippen LogP contribution in [0, 0.1) is 46.3 Å². The lowest BCUT2D eigenvalue weighted by Gasteiger charge is -2.57. The minimum Gasteiger partial charge on any atom is -0.388 e. The Balaban J connectivity index is 1.03. The molecule has 0 spiro atoms. The van der Waals surface area contributed by atoms with E-state index in [0.717, 1.165) is 38.5 Å². The third kappa shape index (κ3) is 7.44. The molecular formula is C60H71NOS. The van der Waals surface area contributed by atoms with E-state index in [-0.39, 0.29) is 16.7 Å². The molecule has 0 saturated heterocycles. The highest BCUT2D eigenvalue weighted by atomic mass is 32.2. The molecule has 3 aromatic rings. The van der Waals surface area contributed by atoms with Crippen LogP contribution in [0.15, 0.2) is 125 Å². The zero-order valence-electron chi connectivity index (χ0n) is 38.4. The Morgan fingerprint density at radius 2 is 1.62 bits per heavy atom. The van der Waals surface area contributed by atoms with Gasteiger partial charge in [-0.2, -0.15) is 0 Å². The van der Waals surface area contributed by atoms with Gasteiger partial charge in [0.2, 0.25) is 0 Å². The van der Waals surface area contributed by atoms with Crippen LogP contribution in [-0.2, 0) is 0 Å². The lowest BCUT2D eigenvalue weighted by molar-refractivity contribution is 0.0731. The second kappa shape index (κ2) is 17.2. The van der Waals surface area contributed by atoms with Gasteiger partial charge in [-0.05, 0) is 177 Å². The van der Waals surface area contributed by atoms with Gasteiger partial charge >= 0.3 is 0 Å². The molecule has 11 rings (SSSR count). The number of fused-ring (bicyclic) bond motifs is 7. The van der Waals surface area contributed by atoms with Gasteiger partial charge in [0.15, 0.2) is 0 Å². The summed E-state index contributed by atoms with van der Waals surface area (Å²) in [4.78, 5) is 1.57. The van der Waals surface area contributed by atoms with Crippen LogP contribution in [0.3, 0.4) is 0 Å². The van der Waals surface area contributed by atoms with Crippen LogP contribution in [0.25, 0.3) is 39.0 Å². The Kier molecular flexibility index (Phi) is 11.4. The number of hydrogen-bond acceptors (Lipinski definition) is 2. The van der Waals surface area contributed by atoms with Crippen molar-refractivity contribution in [3.05, 3.63) is 136 Å². The number of allylic oxidation sites excluding steroid dienone is 13. The van der Waals surface area contributed by atoms with Crippen LogP contribution in [0.4, 0.5) is 0 Å². The topological polar surface area (TPSA) is 25.2 Å². The number of aromatic nitrogens is 1. The summed E-state index contributed by atoms with van der Waals surface area (Å²) in [6.45, 7) is 7.09. The summed E-state index contributed by atoms with van der Waals surface area (Å²) in [5, 5.41) is 20.1. The van der Waals surface area contributed by atoms with E-state index in [1.165, 1.54) is 103 Å². The summed E-state index contributed by atoms with van der Waals surface area (Å²) in [7, 11) is 0. The fourth-order valence-electron chi connectivity index (χ4n) is 14.3. The van der Waals surface area contributed by atoms with Gasteiger partial charge in [-0.15, -0.1) is 11.8 Å². The summed E-state index contributed by atoms with van der Waals surface area (Å²) >= 11 is 2.16. The Morgan fingerprint density at radius 1 is 0.762 bits per heavy atom. The van der Waals surface area contributed by atoms with Crippen molar-refractivity contribution in [3.63, 3.8) is 0 Å². The summed E-state index contributed by atoms with van der Waals surface area (Å²) in [6, 6.07) is 14.0. The fraction of sp³-hybridized carbons (Fsp3) is 0.500. The number of aliphatic hydroxyl groups is 1. The highest BCUT2D eigenvalue weighted by Gasteiger charge is 2.56. The van der Waals surface area contributed by atoms with Gasteiger partial charge in [-0.25, -0.2) is 0 Å². The first-order valence-corrected chi connectivity index (χ1v) is 26.3. The minimum absolute atomic E-state index is 0.0341. The van der Waals surface area contributed by atoms with Gasteiger partial charge in [0.1, 0.15) is 0 Å². The molecule has 2 nitrogen and oxygen atoms in total. The summed E-state index contributed by atoms with van der Waals surface area (Å²) < 4.78 is 2.80. The van der Waals surface area contributed by atoms with Crippen LogP contribution < -0.4 is 10.6 Å². The molecule has 1 aromatic heterocycles. The van der Waals surface area contributed by atoms with Crippen molar-refractivity contribution in [2.75, 3.05) is 0 Å². The normalized spacial score (nSPS) is 31.4. The number of nitrogens with zero attached hydrogens (tertiary/aromatic N) is 1. The van der Waals surface area contributed by atoms with Crippen molar-refractivity contribution < 1.29 is 5.11 Å². The first-order valence-electron chi connectivity index (χ1n) is 25.4. The van der Waals surface area contributed by atoms with Gasteiger partial charge in [-0.1, -0.05) is 136 Å². The summed E-state index contributed by atoms with van der Waals surface area (Å²) in [5.74, 6) is 2.65. The van der Waals surface area contributed by atoms with E-state index in [2.05, 4.69) is 152 Å². The van der Waals surface area contributed by atoms with Crippen LogP contribution in [-0.4, -0.2) is 21.0 Å². The molecule has 1 aliphatic heterocycles. The summed E-state index contributed by atoms with van der Waals surface area (Å²) in [6.07, 6.45) is 52.6. The molecular weight excluding hydrogens is 783 g/mol. The van der Waals surface area contributed by atoms with Crippen molar-refractivity contribution >= 4 is 50.8 Å². The average molecular weight is 854 g/mol. The summed E-state index contributed by atoms with van der Waals surface area (Å²) in [5.41, 5.74) is 7.83. The van der Waals surface area contributed by atoms with E-state index in [9.17, 15) is 5.11 Å². The van der Waals surface area contributed by atoms with Gasteiger partial charge in [0, 0.05) is 32.9 Å². The minimum atomic E-state index is -0.401. The second-order valence-electron chi connectivity index (χ2n) is 21.7. The molecule has 0 fully saturated rings. The van der Waals surface area contributed by atoms with Crippen molar-refractivity contribution in [2.24, 2.45) is 46.3 Å². The Morgan fingerprint density at radius 3 is 2.37 bits per heavy atom. The zero-order valence-corrected chi connectivity index (χ0v) is 39.2. The highest BCUT2D eigenvalue weighted by molar-refractivity contribution is 8.03. The maximum Gasteiger partial charge on any atom is 0.0820 e. The van der Waals surface area contributed by atoms with E-state index in [1.54, 1.807) is 27.1 Å². The van der Waals surface area contributed by atoms with Crippen molar-refractivity contribution in [1.29, 1.82) is 0 Å². The van der Waals surface area contributed by atoms with Crippen molar-refractivity contribution in [2.45, 2.75) is 141 Å². The van der Waals surface area contributed by atoms with Crippen LogP contribution in [0.1, 0.15) is 130 Å². The first kappa shape index (κ1) is 41.9. The molecule has 328 valence electrons. The average Bonchev–Trinajstić information content (AvgIpc) is 3.68. The third-order valence-electron chi connectivity index (χ3n) is 17.3. The van der Waals surface area contributed by atoms with Crippen molar-refractivity contribution in [1.82, 2.24) is 4.57 Å². The first-order chi connectivity index (χ1) is 30.8. The molecule has 3 heteroatoms. The zero-order chi connectivity index (χ0) is 42.7. The quantitative estimate of drug-likeness (QED) is 0.217. The SMILES string of the molecule is CC(C)(C)C1=CC=C(SC2C=CC(C3(C4C=CC([C@H](CC5C=CCCC5)C(O)C5=CCCC=C5)CC4)C4=c5c(c6c7ccccc7ccc6n5C5=CCCCC53)=CCC4)CC2)CC1. The van der Waals surface area contributed by atoms with Gasteiger partial charge in [0.05, 0.1) is 17.0 Å². The standard InChI is InChI=1S/C60H71NOS/c1-59(2,3)44-30-34-47(35-31-44)63-48-36-32-46(33-37-48)60(45-28-25-42(26-29-45)51(39-40-15-6-4-7-16-40)58(62)43-18-8-5-9-19-43)52-22-12-13-24-54(52)61-55-38-27-41-17-10-11-20-49(41)56(55)50-21-14-23-53(60)57(50)61/h6,8,10-11,15,17-21,24-25,27-28,30,32,34,36,38,40,42,45-46,48,51-52,58,62H,4-5,7,9,12-14,16,22-23,26,29,31,33,35,37,39H2,1-3H3/t40?,42?,45?,46?,48?,51-,52?,58?,60?/m0/s1. The third-order valence-corrected chi connectivity index (χ3v) is 18.6. The van der Waals surface area contributed by atoms with Gasteiger partial charge < -0.3 is 9.67 Å². The molecule has 63 heavy (non-hydrogen) atoms. The Bertz CT molecular complexity index is 2650. The number of rotatable bonds is 9. The number of benzene rings is 2. The molecule has 2 heterocycles. The Labute approximate surface area is 382 Å². The van der Waals surface area contributed by atoms with E-state index in [0.29, 0.717) is 34.8 Å². The maximum atomic E-state index is 12.3. The number of hydrogen-bond donors (Lipinski definition) is 1. The van der Waals surface area contributed by atoms with Crippen LogP contribution in [0.2, 0.25) is 0 Å². The predicted molar refractivity (Wildman–Crippen MR) is 270 cm³/mol. The second-order valence-corrected chi connectivity index (χ2v) is 23.1. The lowest BCUT2D eigenvalue weighted by atomic mass is 9.48. The van der Waals surface area contributed by atoms with E-state index >= 15 is 0 Å². The molecule has 0 bridgehead atoms. The largest absolute Gasteiger partial charge is 0.388 e. The molecule has 9 atom stereocenters. The predicted octanol–water partition coefficient (Wildman–Crippen LogP) is 14.5. The molecule has 7 aliphatic carbocycles. The fourth-order valence-corrected chi connectivity index (χ4v) is 15.5. The van der Waals surface area contributed by atoms with Crippen LogP contribution >= 0.6 is 11.8 Å². The maximum absolute atomic E-state index is 12.3. The van der Waals surface area contributed by atoms with Crippen LogP contribution in [0.5, 0.6) is 0 Å². The van der Waals surface area contributed by atoms with E-state index in [4.69, 9.17) is 0 Å². The van der Waals surface area contributed by atoms with Gasteiger partial charge in [0.25, 0.3) is 0 Å². The highest BCUT2D eigenvalue weighted by Crippen LogP contribution is 2.63. The molecule has 0 amide bonds. The van der Waals surface area contributed by atoms with E-state index < -0.39 is 6.10 Å².